The number of nitro groups is 1. The van der Waals surface area contributed by atoms with Crippen molar-refractivity contribution >= 4 is 27.1 Å². The summed E-state index contributed by atoms with van der Waals surface area (Å²) in [5, 5.41) is 13.9. The molecule has 0 aromatic heterocycles. The van der Waals surface area contributed by atoms with E-state index in [0.717, 1.165) is 5.69 Å². The summed E-state index contributed by atoms with van der Waals surface area (Å²) in [6, 6.07) is 9.36. The number of piperazine rings is 1. The molecular formula is C19H24N4O6S. The molecule has 2 aromatic carbocycles. The fourth-order valence-corrected chi connectivity index (χ4v) is 4.83. The van der Waals surface area contributed by atoms with E-state index in [9.17, 15) is 18.5 Å². The highest BCUT2D eigenvalue weighted by atomic mass is 32.2. The van der Waals surface area contributed by atoms with Crippen LogP contribution in [0.3, 0.4) is 0 Å². The quantitative estimate of drug-likeness (QED) is 0.519. The van der Waals surface area contributed by atoms with E-state index in [4.69, 9.17) is 9.47 Å². The molecular weight excluding hydrogens is 412 g/mol. The largest absolute Gasteiger partial charge is 0.493 e. The van der Waals surface area contributed by atoms with Gasteiger partial charge in [0.2, 0.25) is 10.0 Å². The number of nitrogens with zero attached hydrogens (tertiary/aromatic N) is 3. The molecule has 30 heavy (non-hydrogen) atoms. The van der Waals surface area contributed by atoms with Crippen LogP contribution in [0.25, 0.3) is 0 Å². The van der Waals surface area contributed by atoms with E-state index < -0.39 is 14.9 Å². The molecule has 0 atom stereocenters. The van der Waals surface area contributed by atoms with Gasteiger partial charge < -0.3 is 19.7 Å². The van der Waals surface area contributed by atoms with Crippen LogP contribution in [-0.2, 0) is 10.0 Å². The van der Waals surface area contributed by atoms with Gasteiger partial charge in [-0.05, 0) is 24.3 Å². The molecule has 3 rings (SSSR count). The Morgan fingerprint density at radius 1 is 1.00 bits per heavy atom. The Bertz CT molecular complexity index is 1040. The van der Waals surface area contributed by atoms with Crippen molar-refractivity contribution in [2.24, 2.45) is 0 Å². The van der Waals surface area contributed by atoms with Crippen LogP contribution in [0.4, 0.5) is 17.1 Å². The molecule has 1 saturated heterocycles. The third kappa shape index (κ3) is 4.12. The minimum atomic E-state index is -3.69. The second-order valence-corrected chi connectivity index (χ2v) is 8.55. The molecule has 0 unspecified atom stereocenters. The summed E-state index contributed by atoms with van der Waals surface area (Å²) in [4.78, 5) is 12.8. The van der Waals surface area contributed by atoms with Crippen molar-refractivity contribution in [2.75, 3.05) is 57.7 Å². The highest BCUT2D eigenvalue weighted by molar-refractivity contribution is 7.89. The summed E-state index contributed by atoms with van der Waals surface area (Å²) in [6.07, 6.45) is 0. The van der Waals surface area contributed by atoms with Crippen molar-refractivity contribution in [3.8, 4) is 11.5 Å². The second kappa shape index (κ2) is 8.76. The average molecular weight is 436 g/mol. The molecule has 162 valence electrons. The molecule has 0 radical (unpaired) electrons. The van der Waals surface area contributed by atoms with Gasteiger partial charge in [0.05, 0.1) is 24.0 Å². The second-order valence-electron chi connectivity index (χ2n) is 6.62. The van der Waals surface area contributed by atoms with Crippen LogP contribution >= 0.6 is 0 Å². The van der Waals surface area contributed by atoms with E-state index >= 15 is 0 Å². The number of nitrogens with one attached hydrogen (secondary N) is 1. The number of rotatable bonds is 7. The standard InChI is InChI=1S/C19H24N4O6S/c1-20-16-12-14(4-6-17(16)23(24)25)21-8-10-22(11-9-21)30(26,27)15-5-7-18(28-2)19(13-15)29-3/h4-7,12-13,20H,8-11H2,1-3H3. The van der Waals surface area contributed by atoms with Crippen LogP contribution in [0.2, 0.25) is 0 Å². The first-order chi connectivity index (χ1) is 14.3. The van der Waals surface area contributed by atoms with Gasteiger partial charge in [-0.2, -0.15) is 4.31 Å². The van der Waals surface area contributed by atoms with E-state index in [1.54, 1.807) is 25.2 Å². The Morgan fingerprint density at radius 2 is 1.67 bits per heavy atom. The Kier molecular flexibility index (Phi) is 6.32. The topological polar surface area (TPSA) is 114 Å². The van der Waals surface area contributed by atoms with Gasteiger partial charge >= 0.3 is 0 Å². The van der Waals surface area contributed by atoms with Crippen molar-refractivity contribution in [3.05, 3.63) is 46.5 Å². The molecule has 1 fully saturated rings. The van der Waals surface area contributed by atoms with Crippen molar-refractivity contribution < 1.29 is 22.8 Å². The first-order valence-electron chi connectivity index (χ1n) is 9.25. The molecule has 1 heterocycles. The maximum absolute atomic E-state index is 13.0. The van der Waals surface area contributed by atoms with Crippen LogP contribution in [-0.4, -0.2) is 65.1 Å². The van der Waals surface area contributed by atoms with Gasteiger partial charge in [-0.1, -0.05) is 0 Å². The third-order valence-corrected chi connectivity index (χ3v) is 6.94. The van der Waals surface area contributed by atoms with Gasteiger partial charge in [-0.15, -0.1) is 0 Å². The van der Waals surface area contributed by atoms with Gasteiger partial charge in [0, 0.05) is 51.0 Å². The molecule has 1 aliphatic heterocycles. The fourth-order valence-electron chi connectivity index (χ4n) is 3.39. The van der Waals surface area contributed by atoms with E-state index in [2.05, 4.69) is 5.32 Å². The predicted molar refractivity (Wildman–Crippen MR) is 113 cm³/mol. The van der Waals surface area contributed by atoms with Crippen molar-refractivity contribution in [3.63, 3.8) is 0 Å². The Balaban J connectivity index is 1.76. The van der Waals surface area contributed by atoms with E-state index in [-0.39, 0.29) is 10.6 Å². The van der Waals surface area contributed by atoms with Gasteiger partial charge in [-0.3, -0.25) is 10.1 Å². The van der Waals surface area contributed by atoms with E-state index in [0.29, 0.717) is 43.4 Å². The molecule has 2 aromatic rings. The Morgan fingerprint density at radius 3 is 2.23 bits per heavy atom. The van der Waals surface area contributed by atoms with Crippen LogP contribution < -0.4 is 19.7 Å². The highest BCUT2D eigenvalue weighted by Gasteiger charge is 2.30. The normalized spacial score (nSPS) is 15.0. The van der Waals surface area contributed by atoms with Crippen LogP contribution in [0.5, 0.6) is 11.5 Å². The molecule has 10 nitrogen and oxygen atoms in total. The lowest BCUT2D eigenvalue weighted by Crippen LogP contribution is -2.48. The number of anilines is 2. The number of hydrogen-bond acceptors (Lipinski definition) is 8. The monoisotopic (exact) mass is 436 g/mol. The number of benzene rings is 2. The van der Waals surface area contributed by atoms with Crippen molar-refractivity contribution in [1.82, 2.24) is 4.31 Å². The van der Waals surface area contributed by atoms with Crippen LogP contribution in [0.15, 0.2) is 41.3 Å². The minimum Gasteiger partial charge on any atom is -0.493 e. The van der Waals surface area contributed by atoms with Crippen LogP contribution in [0.1, 0.15) is 0 Å². The molecule has 11 heteroatoms. The number of sulfonamides is 1. The summed E-state index contributed by atoms with van der Waals surface area (Å²) in [5.74, 6) is 0.808. The zero-order valence-corrected chi connectivity index (χ0v) is 17.8. The molecule has 0 bridgehead atoms. The summed E-state index contributed by atoms with van der Waals surface area (Å²) >= 11 is 0. The minimum absolute atomic E-state index is 0.00378. The summed E-state index contributed by atoms with van der Waals surface area (Å²) in [7, 11) is 0.882. The Hall–Kier alpha value is -3.05. The highest BCUT2D eigenvalue weighted by Crippen LogP contribution is 2.32. The number of hydrogen-bond donors (Lipinski definition) is 1. The lowest BCUT2D eigenvalue weighted by Gasteiger charge is -2.35. The first kappa shape index (κ1) is 21.7. The smallest absolute Gasteiger partial charge is 0.292 e. The van der Waals surface area contributed by atoms with Gasteiger partial charge in [-0.25, -0.2) is 8.42 Å². The lowest BCUT2D eigenvalue weighted by atomic mass is 10.2. The predicted octanol–water partition coefficient (Wildman–Crippen LogP) is 2.16. The first-order valence-corrected chi connectivity index (χ1v) is 10.7. The summed E-state index contributed by atoms with van der Waals surface area (Å²) in [6.45, 7) is 1.52. The van der Waals surface area contributed by atoms with Gasteiger partial charge in [0.25, 0.3) is 5.69 Å². The molecule has 0 amide bonds. The Labute approximate surface area is 175 Å². The summed E-state index contributed by atoms with van der Waals surface area (Å²) < 4.78 is 37.9. The molecule has 1 N–H and O–H groups in total. The lowest BCUT2D eigenvalue weighted by molar-refractivity contribution is -0.383. The van der Waals surface area contributed by atoms with Gasteiger partial charge in [0.1, 0.15) is 5.69 Å². The summed E-state index contributed by atoms with van der Waals surface area (Å²) in [5.41, 5.74) is 1.21. The zero-order valence-electron chi connectivity index (χ0n) is 17.0. The fraction of sp³-hybridized carbons (Fsp3) is 0.368. The number of methoxy groups -OCH3 is 2. The van der Waals surface area contributed by atoms with Crippen molar-refractivity contribution in [1.29, 1.82) is 0 Å². The molecule has 1 aliphatic rings. The van der Waals surface area contributed by atoms with E-state index in [1.807, 2.05) is 4.90 Å². The zero-order chi connectivity index (χ0) is 21.9. The van der Waals surface area contributed by atoms with Crippen LogP contribution in [0, 0.1) is 10.1 Å². The number of nitro benzene ring substituents is 1. The average Bonchev–Trinajstić information content (AvgIpc) is 2.78. The number of ether oxygens (including phenoxy) is 2. The van der Waals surface area contributed by atoms with Gasteiger partial charge in [0.15, 0.2) is 11.5 Å². The molecule has 0 aliphatic carbocycles. The molecule has 0 spiro atoms. The third-order valence-electron chi connectivity index (χ3n) is 5.04. The van der Waals surface area contributed by atoms with Crippen molar-refractivity contribution in [2.45, 2.75) is 4.90 Å². The SMILES string of the molecule is CNc1cc(N2CCN(S(=O)(=O)c3ccc(OC)c(OC)c3)CC2)ccc1[N+](=O)[O-]. The molecule has 0 saturated carbocycles. The maximum Gasteiger partial charge on any atom is 0.292 e. The maximum atomic E-state index is 13.0. The van der Waals surface area contributed by atoms with E-state index in [1.165, 1.54) is 36.7 Å².